The number of anilines is 2. The molecule has 0 radical (unpaired) electrons. The Morgan fingerprint density at radius 1 is 1.11 bits per heavy atom. The van der Waals surface area contributed by atoms with Crippen molar-refractivity contribution in [3.63, 3.8) is 0 Å². The topological polar surface area (TPSA) is 150 Å². The Labute approximate surface area is 210 Å². The summed E-state index contributed by atoms with van der Waals surface area (Å²) in [5.74, 6) is -1.80. The van der Waals surface area contributed by atoms with Crippen molar-refractivity contribution < 1.29 is 28.2 Å². The number of primary amides is 1. The van der Waals surface area contributed by atoms with E-state index in [1.807, 2.05) is 0 Å². The van der Waals surface area contributed by atoms with E-state index in [-0.39, 0.29) is 28.7 Å². The number of carbonyl (C=O) groups is 3. The zero-order valence-corrected chi connectivity index (χ0v) is 20.5. The molecule has 2 heterocycles. The van der Waals surface area contributed by atoms with Crippen molar-refractivity contribution >= 4 is 40.6 Å². The molecule has 188 valence electrons. The van der Waals surface area contributed by atoms with Gasteiger partial charge >= 0.3 is 0 Å². The fourth-order valence-corrected chi connectivity index (χ4v) is 4.40. The number of aromatic nitrogens is 1. The summed E-state index contributed by atoms with van der Waals surface area (Å²) < 4.78 is 28.5. The van der Waals surface area contributed by atoms with Crippen molar-refractivity contribution in [2.24, 2.45) is 5.73 Å². The summed E-state index contributed by atoms with van der Waals surface area (Å²) in [6.45, 7) is 5.38. The SMILES string of the molecule is CC(C)(C)NC(=O)[C@H](c1ccc(F)cc1)N(C(=O)c1snc(C(N)=O)c1N)c1ccc2c(c1)OCO2. The van der Waals surface area contributed by atoms with Gasteiger partial charge in [0.15, 0.2) is 17.2 Å². The minimum atomic E-state index is -1.25. The Morgan fingerprint density at radius 3 is 2.39 bits per heavy atom. The van der Waals surface area contributed by atoms with Gasteiger partial charge in [0.2, 0.25) is 12.7 Å². The lowest BCUT2D eigenvalue weighted by Crippen LogP contribution is -2.49. The maximum atomic E-state index is 14.0. The molecular weight excluding hydrogens is 489 g/mol. The molecule has 5 N–H and O–H groups in total. The van der Waals surface area contributed by atoms with Gasteiger partial charge in [-0.25, -0.2) is 4.39 Å². The van der Waals surface area contributed by atoms with Gasteiger partial charge in [-0.15, -0.1) is 0 Å². The summed E-state index contributed by atoms with van der Waals surface area (Å²) in [6.07, 6.45) is 0. The molecule has 4 rings (SSSR count). The standard InChI is InChI=1S/C24H24FN5O5S/c1-24(2,3)28-22(32)19(12-4-6-13(25)7-5-12)30(14-8-9-15-16(10-14)35-11-34-15)23(33)20-17(26)18(21(27)31)29-36-20/h4-10,19H,11,26H2,1-3H3,(H2,27,31)(H,28,32)/t19-/m0/s1. The molecule has 2 aromatic carbocycles. The van der Waals surface area contributed by atoms with Crippen molar-refractivity contribution in [3.05, 3.63) is 64.4 Å². The van der Waals surface area contributed by atoms with E-state index in [4.69, 9.17) is 20.9 Å². The number of nitrogens with one attached hydrogen (secondary N) is 1. The minimum Gasteiger partial charge on any atom is -0.454 e. The van der Waals surface area contributed by atoms with Gasteiger partial charge in [-0.3, -0.25) is 19.3 Å². The summed E-state index contributed by atoms with van der Waals surface area (Å²) in [7, 11) is 0. The predicted octanol–water partition coefficient (Wildman–Crippen LogP) is 2.99. The highest BCUT2D eigenvalue weighted by atomic mass is 32.1. The van der Waals surface area contributed by atoms with E-state index in [9.17, 15) is 18.8 Å². The molecule has 36 heavy (non-hydrogen) atoms. The average molecular weight is 514 g/mol. The highest BCUT2D eigenvalue weighted by molar-refractivity contribution is 7.09. The van der Waals surface area contributed by atoms with E-state index in [0.29, 0.717) is 28.6 Å². The van der Waals surface area contributed by atoms with Gasteiger partial charge in [0.1, 0.15) is 16.7 Å². The largest absolute Gasteiger partial charge is 0.454 e. The van der Waals surface area contributed by atoms with Crippen LogP contribution in [0, 0.1) is 5.82 Å². The number of benzene rings is 2. The Bertz CT molecular complexity index is 1340. The number of amides is 3. The van der Waals surface area contributed by atoms with Crippen LogP contribution in [0.4, 0.5) is 15.8 Å². The summed E-state index contributed by atoms with van der Waals surface area (Å²) in [6, 6.07) is 8.71. The quantitative estimate of drug-likeness (QED) is 0.459. The molecule has 0 spiro atoms. The number of rotatable bonds is 6. The number of fused-ring (bicyclic) bond motifs is 1. The van der Waals surface area contributed by atoms with Gasteiger partial charge < -0.3 is 26.3 Å². The molecule has 1 atom stereocenters. The molecule has 10 nitrogen and oxygen atoms in total. The molecule has 0 fully saturated rings. The van der Waals surface area contributed by atoms with E-state index in [2.05, 4.69) is 9.69 Å². The molecule has 3 amide bonds. The number of nitrogens with two attached hydrogens (primary N) is 2. The second kappa shape index (κ2) is 9.46. The van der Waals surface area contributed by atoms with Crippen LogP contribution in [-0.2, 0) is 4.79 Å². The summed E-state index contributed by atoms with van der Waals surface area (Å²) >= 11 is 0.686. The molecule has 0 saturated carbocycles. The Hall–Kier alpha value is -4.19. The van der Waals surface area contributed by atoms with Crippen LogP contribution in [0.2, 0.25) is 0 Å². The summed E-state index contributed by atoms with van der Waals surface area (Å²) in [4.78, 5) is 40.5. The normalized spacial score (nSPS) is 13.2. The fourth-order valence-electron chi connectivity index (χ4n) is 3.66. The van der Waals surface area contributed by atoms with Crippen LogP contribution in [0.1, 0.15) is 52.5 Å². The van der Waals surface area contributed by atoms with Crippen molar-refractivity contribution in [3.8, 4) is 11.5 Å². The molecule has 3 aromatic rings. The fraction of sp³-hybridized carbons (Fsp3) is 0.250. The van der Waals surface area contributed by atoms with Gasteiger partial charge in [-0.05, 0) is 62.1 Å². The maximum Gasteiger partial charge on any atom is 0.273 e. The van der Waals surface area contributed by atoms with Gasteiger partial charge in [0.05, 0.1) is 5.69 Å². The summed E-state index contributed by atoms with van der Waals surface area (Å²) in [5, 5.41) is 2.88. The molecular formula is C24H24FN5O5S. The Morgan fingerprint density at radius 2 is 1.78 bits per heavy atom. The van der Waals surface area contributed by atoms with Crippen molar-refractivity contribution in [2.75, 3.05) is 17.4 Å². The highest BCUT2D eigenvalue weighted by Crippen LogP contribution is 2.39. The first kappa shape index (κ1) is 24.9. The van der Waals surface area contributed by atoms with Crippen LogP contribution in [-0.4, -0.2) is 34.4 Å². The van der Waals surface area contributed by atoms with Crippen LogP contribution < -0.4 is 31.2 Å². The predicted molar refractivity (Wildman–Crippen MR) is 131 cm³/mol. The minimum absolute atomic E-state index is 0.00238. The van der Waals surface area contributed by atoms with E-state index >= 15 is 0 Å². The van der Waals surface area contributed by atoms with Gasteiger partial charge in [0, 0.05) is 17.3 Å². The molecule has 0 saturated heterocycles. The lowest BCUT2D eigenvalue weighted by atomic mass is 10.00. The van der Waals surface area contributed by atoms with Crippen LogP contribution >= 0.6 is 11.5 Å². The second-order valence-corrected chi connectivity index (χ2v) is 9.82. The second-order valence-electron chi connectivity index (χ2n) is 9.04. The first-order chi connectivity index (χ1) is 17.0. The van der Waals surface area contributed by atoms with Crippen LogP contribution in [0.15, 0.2) is 42.5 Å². The number of nitrogen functional groups attached to an aromatic ring is 1. The van der Waals surface area contributed by atoms with Crippen molar-refractivity contribution in [2.45, 2.75) is 32.4 Å². The first-order valence-electron chi connectivity index (χ1n) is 10.8. The lowest BCUT2D eigenvalue weighted by molar-refractivity contribution is -0.123. The zero-order valence-electron chi connectivity index (χ0n) is 19.7. The number of ether oxygens (including phenoxy) is 2. The Balaban J connectivity index is 1.91. The number of halogens is 1. The van der Waals surface area contributed by atoms with Gasteiger partial charge in [-0.1, -0.05) is 12.1 Å². The number of nitrogens with zero attached hydrogens (tertiary/aromatic N) is 2. The monoisotopic (exact) mass is 513 g/mol. The first-order valence-corrected chi connectivity index (χ1v) is 11.6. The van der Waals surface area contributed by atoms with Crippen LogP contribution in [0.25, 0.3) is 0 Å². The highest BCUT2D eigenvalue weighted by Gasteiger charge is 2.37. The van der Waals surface area contributed by atoms with Crippen LogP contribution in [0.3, 0.4) is 0 Å². The van der Waals surface area contributed by atoms with Crippen molar-refractivity contribution in [1.82, 2.24) is 9.69 Å². The van der Waals surface area contributed by atoms with E-state index in [0.717, 1.165) is 0 Å². The van der Waals surface area contributed by atoms with Gasteiger partial charge in [0.25, 0.3) is 11.8 Å². The summed E-state index contributed by atoms with van der Waals surface area (Å²) in [5.41, 5.74) is 10.9. The zero-order chi connectivity index (χ0) is 26.2. The Kier molecular flexibility index (Phi) is 6.55. The van der Waals surface area contributed by atoms with Crippen molar-refractivity contribution in [1.29, 1.82) is 0 Å². The van der Waals surface area contributed by atoms with E-state index in [1.165, 1.54) is 29.2 Å². The molecule has 0 unspecified atom stereocenters. The lowest BCUT2D eigenvalue weighted by Gasteiger charge is -2.33. The number of hydrogen-bond acceptors (Lipinski definition) is 8. The average Bonchev–Trinajstić information content (AvgIpc) is 3.42. The third-order valence-corrected chi connectivity index (χ3v) is 6.05. The van der Waals surface area contributed by atoms with E-state index < -0.39 is 35.1 Å². The molecule has 0 aliphatic carbocycles. The molecule has 12 heteroatoms. The molecule has 0 bridgehead atoms. The maximum absolute atomic E-state index is 14.0. The third-order valence-electron chi connectivity index (χ3n) is 5.20. The van der Waals surface area contributed by atoms with E-state index in [1.54, 1.807) is 39.0 Å². The molecule has 1 aromatic heterocycles. The van der Waals surface area contributed by atoms with Crippen LogP contribution in [0.5, 0.6) is 11.5 Å². The molecule has 1 aliphatic heterocycles. The number of carbonyl (C=O) groups excluding carboxylic acids is 3. The smallest absolute Gasteiger partial charge is 0.273 e. The van der Waals surface area contributed by atoms with Gasteiger partial charge in [-0.2, -0.15) is 4.37 Å². The number of hydrogen-bond donors (Lipinski definition) is 3. The third kappa shape index (κ3) is 4.93. The molecule has 1 aliphatic rings.